The third-order valence-electron chi connectivity index (χ3n) is 3.49. The molecule has 0 spiro atoms. The summed E-state index contributed by atoms with van der Waals surface area (Å²) in [6.45, 7) is 3.16. The molecule has 0 aromatic carbocycles. The number of likely N-dealkylation sites (tertiary alicyclic amines) is 1. The third-order valence-corrected chi connectivity index (χ3v) is 3.49. The molecule has 10 heteroatoms. The van der Waals surface area contributed by atoms with Crippen LogP contribution in [0.15, 0.2) is 0 Å². The summed E-state index contributed by atoms with van der Waals surface area (Å²) in [7, 11) is 0. The molecular formula is C13H19F6NO3. The minimum absolute atomic E-state index is 0.0456. The number of alkyl halides is 6. The molecule has 0 aromatic rings. The second-order valence-electron chi connectivity index (χ2n) is 5.03. The van der Waals surface area contributed by atoms with Gasteiger partial charge in [0.15, 0.2) is 5.41 Å². The Balaban J connectivity index is 0.000000868. The molecule has 1 atom stereocenters. The maximum Gasteiger partial charge on any atom is 0.403 e. The van der Waals surface area contributed by atoms with Crippen molar-refractivity contribution in [2.24, 2.45) is 5.41 Å². The number of rotatable bonds is 1. The number of carbonyl (C=O) groups is 2. The van der Waals surface area contributed by atoms with Gasteiger partial charge in [0.05, 0.1) is 6.54 Å². The molecule has 1 saturated carbocycles. The lowest BCUT2D eigenvalue weighted by Gasteiger charge is -2.47. The van der Waals surface area contributed by atoms with E-state index < -0.39 is 49.0 Å². The van der Waals surface area contributed by atoms with Crippen molar-refractivity contribution >= 4 is 12.4 Å². The van der Waals surface area contributed by atoms with Crippen molar-refractivity contribution in [2.45, 2.75) is 51.4 Å². The van der Waals surface area contributed by atoms with Crippen LogP contribution in [-0.2, 0) is 9.59 Å². The molecule has 23 heavy (non-hydrogen) atoms. The molecule has 1 N–H and O–H groups in total. The normalized spacial score (nSPS) is 24.3. The van der Waals surface area contributed by atoms with Gasteiger partial charge in [0.1, 0.15) is 6.17 Å². The van der Waals surface area contributed by atoms with Crippen molar-refractivity contribution in [3.8, 4) is 0 Å². The van der Waals surface area contributed by atoms with E-state index in [2.05, 4.69) is 0 Å². The molecule has 2 aliphatic rings. The van der Waals surface area contributed by atoms with Gasteiger partial charge in [-0.25, -0.2) is 13.2 Å². The fourth-order valence-electron chi connectivity index (χ4n) is 2.51. The average molecular weight is 351 g/mol. The van der Waals surface area contributed by atoms with Gasteiger partial charge in [-0.05, 0) is 6.42 Å². The summed E-state index contributed by atoms with van der Waals surface area (Å²) in [6.07, 6.45) is -9.51. The van der Waals surface area contributed by atoms with E-state index in [1.807, 2.05) is 13.8 Å². The molecule has 1 heterocycles. The van der Waals surface area contributed by atoms with E-state index in [1.54, 1.807) is 0 Å². The quantitative estimate of drug-likeness (QED) is 0.583. The fraction of sp³-hybridized carbons (Fsp3) is 0.846. The average Bonchev–Trinajstić information content (AvgIpc) is 2.83. The first-order valence-electron chi connectivity index (χ1n) is 6.95. The van der Waals surface area contributed by atoms with Gasteiger partial charge in [-0.1, -0.05) is 13.8 Å². The Labute approximate surface area is 129 Å². The van der Waals surface area contributed by atoms with Gasteiger partial charge in [0.2, 0.25) is 5.91 Å². The third kappa shape index (κ3) is 4.74. The molecular weight excluding hydrogens is 332 g/mol. The molecule has 1 saturated heterocycles. The summed E-state index contributed by atoms with van der Waals surface area (Å²) < 4.78 is 76.8. The maximum absolute atomic E-state index is 12.9. The van der Waals surface area contributed by atoms with E-state index in [0.717, 1.165) is 0 Å². The first kappa shape index (κ1) is 21.5. The largest absolute Gasteiger partial charge is 0.483 e. The van der Waals surface area contributed by atoms with Crippen LogP contribution in [-0.4, -0.2) is 53.7 Å². The van der Waals surface area contributed by atoms with Crippen LogP contribution in [0.4, 0.5) is 26.3 Å². The van der Waals surface area contributed by atoms with Crippen molar-refractivity contribution < 1.29 is 41.0 Å². The van der Waals surface area contributed by atoms with Gasteiger partial charge in [0, 0.05) is 19.4 Å². The lowest BCUT2D eigenvalue weighted by atomic mass is 9.64. The molecule has 2 rings (SSSR count). The topological polar surface area (TPSA) is 57.6 Å². The number of halogens is 6. The van der Waals surface area contributed by atoms with Gasteiger partial charge in [-0.15, -0.1) is 0 Å². The summed E-state index contributed by atoms with van der Waals surface area (Å²) >= 11 is 0. The zero-order valence-corrected chi connectivity index (χ0v) is 12.7. The van der Waals surface area contributed by atoms with Crippen LogP contribution >= 0.6 is 0 Å². The van der Waals surface area contributed by atoms with E-state index in [4.69, 9.17) is 9.90 Å². The summed E-state index contributed by atoms with van der Waals surface area (Å²) in [6, 6.07) is 0. The Bertz CT molecular complexity index is 405. The molecule has 2 fully saturated rings. The molecule has 136 valence electrons. The lowest BCUT2D eigenvalue weighted by molar-refractivity contribution is -0.299. The highest BCUT2D eigenvalue weighted by Gasteiger charge is 2.74. The predicted octanol–water partition coefficient (Wildman–Crippen LogP) is 3.26. The zero-order valence-electron chi connectivity index (χ0n) is 12.7. The Hall–Kier alpha value is -1.48. The van der Waals surface area contributed by atoms with Crippen LogP contribution in [0.3, 0.4) is 0 Å². The van der Waals surface area contributed by atoms with Gasteiger partial charge in [0.25, 0.3) is 12.4 Å². The fourth-order valence-corrected chi connectivity index (χ4v) is 2.51. The zero-order chi connectivity index (χ0) is 18.5. The first-order valence-corrected chi connectivity index (χ1v) is 6.95. The van der Waals surface area contributed by atoms with Crippen molar-refractivity contribution in [2.75, 3.05) is 13.1 Å². The van der Waals surface area contributed by atoms with Crippen LogP contribution in [0, 0.1) is 5.41 Å². The number of carbonyl (C=O) groups excluding carboxylic acids is 1. The smallest absolute Gasteiger partial charge is 0.403 e. The number of carboxylic acid groups (broad SMARTS) is 1. The molecule has 1 unspecified atom stereocenters. The van der Waals surface area contributed by atoms with Gasteiger partial charge in [-0.2, -0.15) is 13.2 Å². The summed E-state index contributed by atoms with van der Waals surface area (Å²) in [5.41, 5.74) is -3.03. The second-order valence-corrected chi connectivity index (χ2v) is 5.03. The number of hydrogen-bond acceptors (Lipinski definition) is 2. The van der Waals surface area contributed by atoms with E-state index in [1.165, 1.54) is 0 Å². The molecule has 0 radical (unpaired) electrons. The van der Waals surface area contributed by atoms with Crippen LogP contribution in [0.5, 0.6) is 0 Å². The summed E-state index contributed by atoms with van der Waals surface area (Å²) in [5.74, 6) is -4.89. The van der Waals surface area contributed by atoms with Crippen molar-refractivity contribution in [1.82, 2.24) is 4.90 Å². The molecule has 4 nitrogen and oxygen atoms in total. The Morgan fingerprint density at radius 1 is 1.26 bits per heavy atom. The molecule has 1 amide bonds. The van der Waals surface area contributed by atoms with Crippen LogP contribution in [0.1, 0.15) is 33.1 Å². The van der Waals surface area contributed by atoms with Crippen LogP contribution < -0.4 is 0 Å². The van der Waals surface area contributed by atoms with E-state index >= 15 is 0 Å². The van der Waals surface area contributed by atoms with Crippen molar-refractivity contribution in [3.63, 3.8) is 0 Å². The summed E-state index contributed by atoms with van der Waals surface area (Å²) in [5, 5.41) is 6.89. The number of hydrogen-bond donors (Lipinski definition) is 1. The van der Waals surface area contributed by atoms with Crippen molar-refractivity contribution in [3.05, 3.63) is 0 Å². The SMILES string of the molecule is CC.O=C(N1CCC(F)C1)C1(C(F)(F)F)CC(F)(F)C1.O=CO. The minimum Gasteiger partial charge on any atom is -0.483 e. The van der Waals surface area contributed by atoms with Gasteiger partial charge >= 0.3 is 6.18 Å². The van der Waals surface area contributed by atoms with Gasteiger partial charge < -0.3 is 10.0 Å². The maximum atomic E-state index is 12.9. The Kier molecular flexibility index (Phi) is 7.36. The number of nitrogens with zero attached hydrogens (tertiary/aromatic N) is 1. The van der Waals surface area contributed by atoms with Crippen molar-refractivity contribution in [1.29, 1.82) is 0 Å². The molecule has 0 aromatic heterocycles. The predicted molar refractivity (Wildman–Crippen MR) is 68.8 cm³/mol. The minimum atomic E-state index is -5.03. The lowest BCUT2D eigenvalue weighted by Crippen LogP contribution is -2.62. The molecule has 1 aliphatic heterocycles. The standard InChI is InChI=1S/C10H11F6NO.C2H6.CH2O2/c11-6-1-2-17(3-6)7(18)8(10(14,15)16)4-9(12,13)5-8;1-2;2-1-3/h6H,1-5H2;1-2H3;1H,(H,2,3). The Morgan fingerprint density at radius 2 is 1.70 bits per heavy atom. The second kappa shape index (κ2) is 7.87. The molecule has 1 aliphatic carbocycles. The van der Waals surface area contributed by atoms with E-state index in [0.29, 0.717) is 4.90 Å². The van der Waals surface area contributed by atoms with E-state index in [-0.39, 0.29) is 19.4 Å². The monoisotopic (exact) mass is 351 g/mol. The first-order chi connectivity index (χ1) is 10.5. The molecule has 0 bridgehead atoms. The van der Waals surface area contributed by atoms with Crippen LogP contribution in [0.25, 0.3) is 0 Å². The Morgan fingerprint density at radius 3 is 1.96 bits per heavy atom. The van der Waals surface area contributed by atoms with Crippen LogP contribution in [0.2, 0.25) is 0 Å². The van der Waals surface area contributed by atoms with E-state index in [9.17, 15) is 31.1 Å². The highest BCUT2D eigenvalue weighted by atomic mass is 19.4. The summed E-state index contributed by atoms with van der Waals surface area (Å²) in [4.78, 5) is 20.8. The van der Waals surface area contributed by atoms with Gasteiger partial charge in [-0.3, -0.25) is 9.59 Å². The highest BCUT2D eigenvalue weighted by molar-refractivity contribution is 5.85. The number of amides is 1. The highest BCUT2D eigenvalue weighted by Crippen LogP contribution is 2.61.